The largest absolute Gasteiger partial charge is 0.469 e. The van der Waals surface area contributed by atoms with Gasteiger partial charge in [-0.25, -0.2) is 0 Å². The van der Waals surface area contributed by atoms with Crippen LogP contribution >= 0.6 is 11.6 Å². The second-order valence-corrected chi connectivity index (χ2v) is 5.95. The first-order valence-electron chi connectivity index (χ1n) is 7.86. The lowest BCUT2D eigenvalue weighted by Crippen LogP contribution is -2.33. The number of amides is 2. The van der Waals surface area contributed by atoms with Crippen LogP contribution in [-0.2, 0) is 16.0 Å². The molecule has 0 spiro atoms. The van der Waals surface area contributed by atoms with Gasteiger partial charge >= 0.3 is 0 Å². The molecule has 1 aromatic heterocycles. The molecule has 2 rings (SSSR count). The van der Waals surface area contributed by atoms with Gasteiger partial charge in [0.05, 0.1) is 12.2 Å². The maximum atomic E-state index is 12.6. The van der Waals surface area contributed by atoms with Crippen molar-refractivity contribution in [2.45, 2.75) is 25.7 Å². The SMILES string of the molecule is CC(=O)NCCCNC(=O)C(Cc1ccco1)c1ccc(Cl)cc1. The van der Waals surface area contributed by atoms with Gasteiger partial charge in [0, 0.05) is 31.5 Å². The highest BCUT2D eigenvalue weighted by atomic mass is 35.5. The molecule has 0 bridgehead atoms. The lowest BCUT2D eigenvalue weighted by atomic mass is 9.93. The van der Waals surface area contributed by atoms with E-state index < -0.39 is 0 Å². The quantitative estimate of drug-likeness (QED) is 0.720. The van der Waals surface area contributed by atoms with Gasteiger partial charge in [-0.05, 0) is 36.2 Å². The molecule has 2 aromatic rings. The van der Waals surface area contributed by atoms with Crippen molar-refractivity contribution in [2.24, 2.45) is 0 Å². The van der Waals surface area contributed by atoms with Crippen LogP contribution in [0.3, 0.4) is 0 Å². The van der Waals surface area contributed by atoms with E-state index in [-0.39, 0.29) is 17.7 Å². The van der Waals surface area contributed by atoms with Crippen molar-refractivity contribution in [3.05, 3.63) is 59.0 Å². The number of benzene rings is 1. The van der Waals surface area contributed by atoms with Crippen molar-refractivity contribution in [1.82, 2.24) is 10.6 Å². The van der Waals surface area contributed by atoms with E-state index in [2.05, 4.69) is 10.6 Å². The van der Waals surface area contributed by atoms with E-state index in [1.165, 1.54) is 6.92 Å². The average Bonchev–Trinajstić information content (AvgIpc) is 3.06. The number of hydrogen-bond donors (Lipinski definition) is 2. The number of carbonyl (C=O) groups is 2. The third-order valence-corrected chi connectivity index (χ3v) is 3.85. The summed E-state index contributed by atoms with van der Waals surface area (Å²) in [4.78, 5) is 23.4. The second-order valence-electron chi connectivity index (χ2n) is 5.52. The van der Waals surface area contributed by atoms with Crippen LogP contribution in [0.5, 0.6) is 0 Å². The number of hydrogen-bond acceptors (Lipinski definition) is 3. The van der Waals surface area contributed by atoms with Gasteiger partial charge in [0.15, 0.2) is 0 Å². The van der Waals surface area contributed by atoms with Crippen molar-refractivity contribution in [2.75, 3.05) is 13.1 Å². The Kier molecular flexibility index (Phi) is 6.88. The fraction of sp³-hybridized carbons (Fsp3) is 0.333. The summed E-state index contributed by atoms with van der Waals surface area (Å²) in [6, 6.07) is 10.9. The zero-order valence-electron chi connectivity index (χ0n) is 13.5. The number of nitrogens with one attached hydrogen (secondary N) is 2. The Morgan fingerprint density at radius 1 is 1.12 bits per heavy atom. The summed E-state index contributed by atoms with van der Waals surface area (Å²) in [6.07, 6.45) is 2.76. The smallest absolute Gasteiger partial charge is 0.228 e. The maximum absolute atomic E-state index is 12.6. The van der Waals surface area contributed by atoms with Gasteiger partial charge in [0.1, 0.15) is 5.76 Å². The molecule has 5 nitrogen and oxygen atoms in total. The third-order valence-electron chi connectivity index (χ3n) is 3.60. The molecule has 24 heavy (non-hydrogen) atoms. The maximum Gasteiger partial charge on any atom is 0.228 e. The van der Waals surface area contributed by atoms with E-state index in [0.29, 0.717) is 31.0 Å². The normalized spacial score (nSPS) is 11.8. The molecule has 0 saturated carbocycles. The highest BCUT2D eigenvalue weighted by Crippen LogP contribution is 2.23. The molecule has 2 N–H and O–H groups in total. The van der Waals surface area contributed by atoms with Gasteiger partial charge in [-0.1, -0.05) is 23.7 Å². The summed E-state index contributed by atoms with van der Waals surface area (Å²) in [6.45, 7) is 2.51. The summed E-state index contributed by atoms with van der Waals surface area (Å²) in [5, 5.41) is 6.25. The predicted octanol–water partition coefficient (Wildman–Crippen LogP) is 2.90. The van der Waals surface area contributed by atoms with Gasteiger partial charge in [-0.15, -0.1) is 0 Å². The fourth-order valence-corrected chi connectivity index (χ4v) is 2.50. The minimum atomic E-state index is -0.353. The molecule has 1 atom stereocenters. The van der Waals surface area contributed by atoms with Gasteiger partial charge in [-0.3, -0.25) is 9.59 Å². The summed E-state index contributed by atoms with van der Waals surface area (Å²) in [5.41, 5.74) is 0.884. The Labute approximate surface area is 146 Å². The molecular formula is C18H21ClN2O3. The molecule has 6 heteroatoms. The van der Waals surface area contributed by atoms with Crippen LogP contribution < -0.4 is 10.6 Å². The summed E-state index contributed by atoms with van der Waals surface area (Å²) in [7, 11) is 0. The Balaban J connectivity index is 1.97. The van der Waals surface area contributed by atoms with E-state index in [9.17, 15) is 9.59 Å². The Bertz CT molecular complexity index is 653. The fourth-order valence-electron chi connectivity index (χ4n) is 2.37. The van der Waals surface area contributed by atoms with Crippen LogP contribution in [-0.4, -0.2) is 24.9 Å². The minimum Gasteiger partial charge on any atom is -0.469 e. The zero-order valence-corrected chi connectivity index (χ0v) is 14.3. The highest BCUT2D eigenvalue weighted by Gasteiger charge is 2.22. The van der Waals surface area contributed by atoms with Crippen LogP contribution in [0.4, 0.5) is 0 Å². The highest BCUT2D eigenvalue weighted by molar-refractivity contribution is 6.30. The molecule has 0 saturated heterocycles. The standard InChI is InChI=1S/C18H21ClN2O3/c1-13(22)20-9-3-10-21-18(23)17(12-16-4-2-11-24-16)14-5-7-15(19)8-6-14/h2,4-8,11,17H,3,9-10,12H2,1H3,(H,20,22)(H,21,23). The van der Waals surface area contributed by atoms with Crippen molar-refractivity contribution >= 4 is 23.4 Å². The lowest BCUT2D eigenvalue weighted by molar-refractivity contribution is -0.122. The summed E-state index contributed by atoms with van der Waals surface area (Å²) < 4.78 is 5.38. The van der Waals surface area contributed by atoms with Gasteiger partial charge in [0.2, 0.25) is 11.8 Å². The van der Waals surface area contributed by atoms with E-state index in [1.807, 2.05) is 18.2 Å². The second kappa shape index (κ2) is 9.13. The van der Waals surface area contributed by atoms with Crippen molar-refractivity contribution in [1.29, 1.82) is 0 Å². The van der Waals surface area contributed by atoms with E-state index in [0.717, 1.165) is 11.3 Å². The molecule has 0 aliphatic rings. The molecule has 128 valence electrons. The third kappa shape index (κ3) is 5.74. The van der Waals surface area contributed by atoms with E-state index in [1.54, 1.807) is 24.5 Å². The van der Waals surface area contributed by atoms with Gasteiger partial charge in [0.25, 0.3) is 0 Å². The lowest BCUT2D eigenvalue weighted by Gasteiger charge is -2.16. The van der Waals surface area contributed by atoms with Crippen molar-refractivity contribution < 1.29 is 14.0 Å². The molecule has 1 heterocycles. The van der Waals surface area contributed by atoms with Crippen molar-refractivity contribution in [3.63, 3.8) is 0 Å². The number of rotatable bonds is 8. The number of halogens is 1. The van der Waals surface area contributed by atoms with Gasteiger partial charge < -0.3 is 15.1 Å². The zero-order chi connectivity index (χ0) is 17.4. The molecule has 0 aliphatic carbocycles. The van der Waals surface area contributed by atoms with Gasteiger partial charge in [-0.2, -0.15) is 0 Å². The van der Waals surface area contributed by atoms with Crippen LogP contribution in [0.2, 0.25) is 5.02 Å². The first-order valence-corrected chi connectivity index (χ1v) is 8.24. The molecule has 0 fully saturated rings. The first kappa shape index (κ1) is 18.1. The Morgan fingerprint density at radius 3 is 2.46 bits per heavy atom. The number of furan rings is 1. The van der Waals surface area contributed by atoms with Crippen LogP contribution in [0.1, 0.15) is 30.6 Å². The van der Waals surface area contributed by atoms with Crippen LogP contribution in [0.25, 0.3) is 0 Å². The van der Waals surface area contributed by atoms with Crippen molar-refractivity contribution in [3.8, 4) is 0 Å². The average molecular weight is 349 g/mol. The number of carbonyl (C=O) groups excluding carboxylic acids is 2. The molecule has 0 aliphatic heterocycles. The molecule has 2 amide bonds. The summed E-state index contributed by atoms with van der Waals surface area (Å²) >= 11 is 5.93. The Morgan fingerprint density at radius 2 is 1.83 bits per heavy atom. The summed E-state index contributed by atoms with van der Waals surface area (Å²) in [5.74, 6) is 0.257. The first-order chi connectivity index (χ1) is 11.6. The molecular weight excluding hydrogens is 328 g/mol. The molecule has 1 aromatic carbocycles. The van der Waals surface area contributed by atoms with Crippen LogP contribution in [0, 0.1) is 0 Å². The topological polar surface area (TPSA) is 71.3 Å². The minimum absolute atomic E-state index is 0.0711. The predicted molar refractivity (Wildman–Crippen MR) is 92.9 cm³/mol. The Hall–Kier alpha value is -2.27. The molecule has 0 radical (unpaired) electrons. The molecule has 1 unspecified atom stereocenters. The van der Waals surface area contributed by atoms with E-state index in [4.69, 9.17) is 16.0 Å². The van der Waals surface area contributed by atoms with Crippen LogP contribution in [0.15, 0.2) is 47.1 Å². The monoisotopic (exact) mass is 348 g/mol. The van der Waals surface area contributed by atoms with E-state index >= 15 is 0 Å².